The van der Waals surface area contributed by atoms with Gasteiger partial charge >= 0.3 is 0 Å². The quantitative estimate of drug-likeness (QED) is 0.757. The van der Waals surface area contributed by atoms with Gasteiger partial charge in [0.25, 0.3) is 0 Å². The number of nitrogens with zero attached hydrogens (tertiary/aromatic N) is 2. The average Bonchev–Trinajstić information content (AvgIpc) is 2.77. The monoisotopic (exact) mass is 218 g/mol. The van der Waals surface area contributed by atoms with E-state index >= 15 is 0 Å². The van der Waals surface area contributed by atoms with E-state index in [0.717, 1.165) is 12.8 Å². The van der Waals surface area contributed by atoms with E-state index in [4.69, 9.17) is 10.5 Å². The standard InChI is InChI=1S/C12H14N2S/c1-12(5-2-7-13,6-3-8-14)11-4-9-15-10-11/h4,9-10H,2-3,5-6H2,1H3. The summed E-state index contributed by atoms with van der Waals surface area (Å²) in [6.07, 6.45) is 2.78. The van der Waals surface area contributed by atoms with Crippen LogP contribution in [0.1, 0.15) is 38.2 Å². The van der Waals surface area contributed by atoms with E-state index in [1.165, 1.54) is 5.56 Å². The molecule has 0 aromatic carbocycles. The SMILES string of the molecule is CC(CCC#N)(CCC#N)c1ccsc1. The van der Waals surface area contributed by atoms with E-state index in [9.17, 15) is 0 Å². The van der Waals surface area contributed by atoms with Crippen LogP contribution in [0.4, 0.5) is 0 Å². The molecule has 1 heterocycles. The number of rotatable bonds is 5. The van der Waals surface area contributed by atoms with Gasteiger partial charge in [-0.15, -0.1) is 0 Å². The lowest BCUT2D eigenvalue weighted by Crippen LogP contribution is -2.20. The summed E-state index contributed by atoms with van der Waals surface area (Å²) in [5.74, 6) is 0. The van der Waals surface area contributed by atoms with Gasteiger partial charge in [0.05, 0.1) is 12.1 Å². The zero-order valence-corrected chi connectivity index (χ0v) is 9.68. The molecule has 0 aliphatic rings. The topological polar surface area (TPSA) is 47.6 Å². The Kier molecular flexibility index (Phi) is 4.34. The van der Waals surface area contributed by atoms with Gasteiger partial charge in [-0.05, 0) is 40.6 Å². The minimum absolute atomic E-state index is 0.00847. The molecular formula is C12H14N2S. The van der Waals surface area contributed by atoms with Gasteiger partial charge in [0, 0.05) is 12.8 Å². The molecule has 1 rings (SSSR count). The van der Waals surface area contributed by atoms with Crippen LogP contribution in [0.25, 0.3) is 0 Å². The van der Waals surface area contributed by atoms with Crippen molar-refractivity contribution in [3.63, 3.8) is 0 Å². The Labute approximate surface area is 94.8 Å². The van der Waals surface area contributed by atoms with E-state index in [1.807, 2.05) is 5.38 Å². The van der Waals surface area contributed by atoms with Crippen molar-refractivity contribution >= 4 is 11.3 Å². The molecule has 0 saturated carbocycles. The van der Waals surface area contributed by atoms with Gasteiger partial charge in [-0.1, -0.05) is 6.92 Å². The van der Waals surface area contributed by atoms with Gasteiger partial charge in [-0.2, -0.15) is 21.9 Å². The molecule has 0 amide bonds. The third-order valence-corrected chi connectivity index (χ3v) is 3.48. The third kappa shape index (κ3) is 3.08. The van der Waals surface area contributed by atoms with Gasteiger partial charge in [0.2, 0.25) is 0 Å². The van der Waals surface area contributed by atoms with Crippen LogP contribution in [0.5, 0.6) is 0 Å². The summed E-state index contributed by atoms with van der Waals surface area (Å²) < 4.78 is 0. The first-order valence-electron chi connectivity index (χ1n) is 4.99. The number of hydrogen-bond acceptors (Lipinski definition) is 3. The molecule has 1 aromatic heterocycles. The molecule has 0 bridgehead atoms. The zero-order valence-electron chi connectivity index (χ0n) is 8.86. The van der Waals surface area contributed by atoms with Crippen LogP contribution >= 0.6 is 11.3 Å². The molecule has 15 heavy (non-hydrogen) atoms. The first kappa shape index (κ1) is 11.8. The Hall–Kier alpha value is -1.32. The molecule has 0 spiro atoms. The molecule has 0 fully saturated rings. The second-order valence-corrected chi connectivity index (χ2v) is 4.67. The number of nitriles is 2. The minimum atomic E-state index is -0.00847. The van der Waals surface area contributed by atoms with Gasteiger partial charge in [0.1, 0.15) is 0 Å². The van der Waals surface area contributed by atoms with Crippen molar-refractivity contribution in [2.24, 2.45) is 0 Å². The molecule has 0 radical (unpaired) electrons. The first-order valence-corrected chi connectivity index (χ1v) is 5.94. The van der Waals surface area contributed by atoms with E-state index in [-0.39, 0.29) is 5.41 Å². The fourth-order valence-corrected chi connectivity index (χ4v) is 2.50. The molecule has 2 nitrogen and oxygen atoms in total. The van der Waals surface area contributed by atoms with E-state index in [0.29, 0.717) is 12.8 Å². The Balaban J connectivity index is 2.77. The molecule has 78 valence electrons. The van der Waals surface area contributed by atoms with E-state index in [2.05, 4.69) is 30.5 Å². The lowest BCUT2D eigenvalue weighted by molar-refractivity contribution is 0.412. The molecule has 0 N–H and O–H groups in total. The second-order valence-electron chi connectivity index (χ2n) is 3.89. The summed E-state index contributed by atoms with van der Waals surface area (Å²) in [6.45, 7) is 2.14. The Morgan fingerprint density at radius 1 is 1.27 bits per heavy atom. The molecule has 1 aromatic rings. The fourth-order valence-electron chi connectivity index (χ4n) is 1.69. The average molecular weight is 218 g/mol. The lowest BCUT2D eigenvalue weighted by Gasteiger charge is -2.27. The maximum atomic E-state index is 8.64. The maximum absolute atomic E-state index is 8.64. The largest absolute Gasteiger partial charge is 0.198 e. The molecule has 0 aliphatic heterocycles. The van der Waals surface area contributed by atoms with Crippen LogP contribution in [-0.4, -0.2) is 0 Å². The predicted molar refractivity (Wildman–Crippen MR) is 61.4 cm³/mol. The van der Waals surface area contributed by atoms with Crippen molar-refractivity contribution in [2.75, 3.05) is 0 Å². The van der Waals surface area contributed by atoms with Crippen molar-refractivity contribution in [1.29, 1.82) is 10.5 Å². The Morgan fingerprint density at radius 3 is 2.27 bits per heavy atom. The highest BCUT2D eigenvalue weighted by atomic mass is 32.1. The minimum Gasteiger partial charge on any atom is -0.198 e. The van der Waals surface area contributed by atoms with Crippen LogP contribution in [-0.2, 0) is 5.41 Å². The van der Waals surface area contributed by atoms with E-state index < -0.39 is 0 Å². The molecule has 0 saturated heterocycles. The van der Waals surface area contributed by atoms with Gasteiger partial charge < -0.3 is 0 Å². The summed E-state index contributed by atoms with van der Waals surface area (Å²) in [5, 5.41) is 21.4. The summed E-state index contributed by atoms with van der Waals surface area (Å²) in [4.78, 5) is 0. The van der Waals surface area contributed by atoms with E-state index in [1.54, 1.807) is 11.3 Å². The maximum Gasteiger partial charge on any atom is 0.0622 e. The first-order chi connectivity index (χ1) is 7.23. The van der Waals surface area contributed by atoms with Crippen molar-refractivity contribution in [2.45, 2.75) is 38.0 Å². The summed E-state index contributed by atoms with van der Waals surface area (Å²) in [7, 11) is 0. The van der Waals surface area contributed by atoms with Crippen molar-refractivity contribution in [3.05, 3.63) is 22.4 Å². The zero-order chi connectivity index (χ0) is 11.1. The van der Waals surface area contributed by atoms with Crippen LogP contribution in [0.3, 0.4) is 0 Å². The van der Waals surface area contributed by atoms with Crippen LogP contribution in [0.2, 0.25) is 0 Å². The van der Waals surface area contributed by atoms with Crippen LogP contribution in [0.15, 0.2) is 16.8 Å². The fraction of sp³-hybridized carbons (Fsp3) is 0.500. The van der Waals surface area contributed by atoms with Gasteiger partial charge in [-0.3, -0.25) is 0 Å². The van der Waals surface area contributed by atoms with Crippen molar-refractivity contribution in [3.8, 4) is 12.1 Å². The molecule has 0 atom stereocenters. The number of hydrogen-bond donors (Lipinski definition) is 0. The molecule has 0 unspecified atom stereocenters. The highest BCUT2D eigenvalue weighted by Crippen LogP contribution is 2.34. The predicted octanol–water partition coefficient (Wildman–Crippen LogP) is 3.61. The smallest absolute Gasteiger partial charge is 0.0622 e. The van der Waals surface area contributed by atoms with Gasteiger partial charge in [-0.25, -0.2) is 0 Å². The lowest BCUT2D eigenvalue weighted by atomic mass is 9.76. The highest BCUT2D eigenvalue weighted by Gasteiger charge is 2.26. The molecule has 3 heteroatoms. The summed E-state index contributed by atoms with van der Waals surface area (Å²) in [5.41, 5.74) is 1.25. The molecular weight excluding hydrogens is 204 g/mol. The highest BCUT2D eigenvalue weighted by molar-refractivity contribution is 7.08. The third-order valence-electron chi connectivity index (χ3n) is 2.80. The second kappa shape index (κ2) is 5.53. The van der Waals surface area contributed by atoms with Crippen LogP contribution < -0.4 is 0 Å². The van der Waals surface area contributed by atoms with Crippen molar-refractivity contribution in [1.82, 2.24) is 0 Å². The Morgan fingerprint density at radius 2 is 1.87 bits per heavy atom. The van der Waals surface area contributed by atoms with Gasteiger partial charge in [0.15, 0.2) is 0 Å². The normalized spacial score (nSPS) is 10.6. The molecule has 0 aliphatic carbocycles. The summed E-state index contributed by atoms with van der Waals surface area (Å²) in [6, 6.07) is 6.46. The number of thiophene rings is 1. The summed E-state index contributed by atoms with van der Waals surface area (Å²) >= 11 is 1.67. The Bertz CT molecular complexity index is 349. The van der Waals surface area contributed by atoms with Crippen LogP contribution in [0, 0.1) is 22.7 Å². The van der Waals surface area contributed by atoms with Crippen molar-refractivity contribution < 1.29 is 0 Å².